The van der Waals surface area contributed by atoms with Crippen molar-refractivity contribution in [2.75, 3.05) is 0 Å². The molecule has 2 rings (SSSR count). The predicted molar refractivity (Wildman–Crippen MR) is 72.2 cm³/mol. The van der Waals surface area contributed by atoms with E-state index in [9.17, 15) is 5.11 Å². The van der Waals surface area contributed by atoms with Crippen molar-refractivity contribution in [3.05, 3.63) is 29.8 Å². The minimum atomic E-state index is 0.406. The fraction of sp³-hybridized carbons (Fsp3) is 0.625. The second-order valence-electron chi connectivity index (χ2n) is 6.03. The summed E-state index contributed by atoms with van der Waals surface area (Å²) in [4.78, 5) is 0. The van der Waals surface area contributed by atoms with Crippen molar-refractivity contribution in [3.63, 3.8) is 0 Å². The summed E-state index contributed by atoms with van der Waals surface area (Å²) in [5.74, 6) is 3.36. The Morgan fingerprint density at radius 3 is 2.65 bits per heavy atom. The van der Waals surface area contributed by atoms with Crippen molar-refractivity contribution in [1.29, 1.82) is 0 Å². The summed E-state index contributed by atoms with van der Waals surface area (Å²) in [6.45, 7) is 7.01. The SMILES string of the molecule is CC1CCC(C(C)C)C(c2cccc(O)c2)C1. The zero-order valence-electron chi connectivity index (χ0n) is 11.2. The van der Waals surface area contributed by atoms with Crippen LogP contribution in [0.3, 0.4) is 0 Å². The van der Waals surface area contributed by atoms with Crippen LogP contribution in [0.4, 0.5) is 0 Å². The van der Waals surface area contributed by atoms with Crippen molar-refractivity contribution in [3.8, 4) is 5.75 Å². The van der Waals surface area contributed by atoms with Crippen molar-refractivity contribution in [2.45, 2.75) is 46.0 Å². The molecule has 1 nitrogen and oxygen atoms in total. The van der Waals surface area contributed by atoms with E-state index in [1.165, 1.54) is 24.8 Å². The molecule has 0 radical (unpaired) electrons. The molecule has 3 atom stereocenters. The Labute approximate surface area is 105 Å². The Kier molecular flexibility index (Phi) is 3.76. The molecule has 0 aromatic heterocycles. The smallest absolute Gasteiger partial charge is 0.115 e. The van der Waals surface area contributed by atoms with Crippen molar-refractivity contribution >= 4 is 0 Å². The van der Waals surface area contributed by atoms with Gasteiger partial charge in [-0.25, -0.2) is 0 Å². The zero-order chi connectivity index (χ0) is 12.4. The van der Waals surface area contributed by atoms with Crippen LogP contribution in [0.2, 0.25) is 0 Å². The first-order valence-corrected chi connectivity index (χ1v) is 6.87. The van der Waals surface area contributed by atoms with Gasteiger partial charge in [-0.2, -0.15) is 0 Å². The number of phenols is 1. The number of rotatable bonds is 2. The Morgan fingerprint density at radius 1 is 1.24 bits per heavy atom. The maximum atomic E-state index is 9.63. The zero-order valence-corrected chi connectivity index (χ0v) is 11.2. The summed E-state index contributed by atoms with van der Waals surface area (Å²) in [5.41, 5.74) is 1.33. The fourth-order valence-corrected chi connectivity index (χ4v) is 3.34. The Bertz CT molecular complexity index is 370. The van der Waals surface area contributed by atoms with Gasteiger partial charge in [0.05, 0.1) is 0 Å². The normalized spacial score (nSPS) is 29.5. The molecule has 1 aliphatic rings. The van der Waals surface area contributed by atoms with Crippen LogP contribution in [0.25, 0.3) is 0 Å². The molecule has 0 spiro atoms. The van der Waals surface area contributed by atoms with Crippen LogP contribution in [0, 0.1) is 17.8 Å². The van der Waals surface area contributed by atoms with Gasteiger partial charge in [0.25, 0.3) is 0 Å². The monoisotopic (exact) mass is 232 g/mol. The molecule has 1 N–H and O–H groups in total. The summed E-state index contributed by atoms with van der Waals surface area (Å²) in [6, 6.07) is 7.87. The topological polar surface area (TPSA) is 20.2 Å². The molecule has 1 heteroatoms. The highest BCUT2D eigenvalue weighted by molar-refractivity contribution is 5.30. The van der Waals surface area contributed by atoms with Gasteiger partial charge in [-0.05, 0) is 54.2 Å². The van der Waals surface area contributed by atoms with Crippen LogP contribution in [0.1, 0.15) is 51.5 Å². The first kappa shape index (κ1) is 12.5. The van der Waals surface area contributed by atoms with Gasteiger partial charge < -0.3 is 5.11 Å². The van der Waals surface area contributed by atoms with E-state index in [1.807, 2.05) is 12.1 Å². The quantitative estimate of drug-likeness (QED) is 0.792. The third kappa shape index (κ3) is 2.83. The van der Waals surface area contributed by atoms with Crippen molar-refractivity contribution in [1.82, 2.24) is 0 Å². The van der Waals surface area contributed by atoms with Gasteiger partial charge >= 0.3 is 0 Å². The molecule has 1 fully saturated rings. The lowest BCUT2D eigenvalue weighted by Gasteiger charge is -2.37. The molecule has 1 saturated carbocycles. The van der Waals surface area contributed by atoms with Crippen LogP contribution in [0.15, 0.2) is 24.3 Å². The average Bonchev–Trinajstić information content (AvgIpc) is 2.28. The van der Waals surface area contributed by atoms with Crippen LogP contribution < -0.4 is 0 Å². The van der Waals surface area contributed by atoms with E-state index in [4.69, 9.17) is 0 Å². The Morgan fingerprint density at radius 2 is 2.00 bits per heavy atom. The highest BCUT2D eigenvalue weighted by Gasteiger charge is 2.31. The van der Waals surface area contributed by atoms with Gasteiger partial charge in [-0.3, -0.25) is 0 Å². The molecule has 17 heavy (non-hydrogen) atoms. The van der Waals surface area contributed by atoms with Gasteiger partial charge in [-0.1, -0.05) is 39.3 Å². The number of aromatic hydroxyl groups is 1. The molecule has 0 amide bonds. The molecular weight excluding hydrogens is 208 g/mol. The van der Waals surface area contributed by atoms with Crippen LogP contribution >= 0.6 is 0 Å². The summed E-state index contributed by atoms with van der Waals surface area (Å²) in [5, 5.41) is 9.63. The van der Waals surface area contributed by atoms with Crippen molar-refractivity contribution < 1.29 is 5.11 Å². The molecule has 0 heterocycles. The molecule has 1 aromatic rings. The maximum absolute atomic E-state index is 9.63. The average molecular weight is 232 g/mol. The first-order chi connectivity index (χ1) is 8.08. The molecule has 3 unspecified atom stereocenters. The summed E-state index contributed by atoms with van der Waals surface area (Å²) >= 11 is 0. The standard InChI is InChI=1S/C16H24O/c1-11(2)15-8-7-12(3)9-16(15)13-5-4-6-14(17)10-13/h4-6,10-12,15-17H,7-9H2,1-3H3. The minimum Gasteiger partial charge on any atom is -0.508 e. The van der Waals surface area contributed by atoms with Crippen LogP contribution in [0.5, 0.6) is 5.75 Å². The number of phenolic OH excluding ortho intramolecular Hbond substituents is 1. The molecule has 1 aliphatic carbocycles. The Hall–Kier alpha value is -0.980. The van der Waals surface area contributed by atoms with E-state index in [0.717, 1.165) is 17.8 Å². The van der Waals surface area contributed by atoms with Gasteiger partial charge in [-0.15, -0.1) is 0 Å². The van der Waals surface area contributed by atoms with Crippen LogP contribution in [-0.2, 0) is 0 Å². The molecule has 94 valence electrons. The second kappa shape index (κ2) is 5.12. The number of hydrogen-bond donors (Lipinski definition) is 1. The lowest BCUT2D eigenvalue weighted by molar-refractivity contribution is 0.197. The number of hydrogen-bond acceptors (Lipinski definition) is 1. The van der Waals surface area contributed by atoms with E-state index in [1.54, 1.807) is 6.07 Å². The summed E-state index contributed by atoms with van der Waals surface area (Å²) < 4.78 is 0. The lowest BCUT2D eigenvalue weighted by atomic mass is 9.67. The fourth-order valence-electron chi connectivity index (χ4n) is 3.34. The van der Waals surface area contributed by atoms with Gasteiger partial charge in [0.2, 0.25) is 0 Å². The van der Waals surface area contributed by atoms with E-state index in [-0.39, 0.29) is 0 Å². The second-order valence-corrected chi connectivity index (χ2v) is 6.03. The third-order valence-corrected chi connectivity index (χ3v) is 4.32. The molecule has 0 aliphatic heterocycles. The lowest BCUT2D eigenvalue weighted by Crippen LogP contribution is -2.26. The molecular formula is C16H24O. The molecule has 1 aromatic carbocycles. The van der Waals surface area contributed by atoms with Crippen molar-refractivity contribution in [2.24, 2.45) is 17.8 Å². The van der Waals surface area contributed by atoms with E-state index < -0.39 is 0 Å². The van der Waals surface area contributed by atoms with Gasteiger partial charge in [0.1, 0.15) is 5.75 Å². The highest BCUT2D eigenvalue weighted by atomic mass is 16.3. The third-order valence-electron chi connectivity index (χ3n) is 4.32. The number of benzene rings is 1. The van der Waals surface area contributed by atoms with Crippen LogP contribution in [-0.4, -0.2) is 5.11 Å². The summed E-state index contributed by atoms with van der Waals surface area (Å²) in [7, 11) is 0. The van der Waals surface area contributed by atoms with Gasteiger partial charge in [0, 0.05) is 0 Å². The van der Waals surface area contributed by atoms with Gasteiger partial charge in [0.15, 0.2) is 0 Å². The van der Waals surface area contributed by atoms with E-state index in [0.29, 0.717) is 11.7 Å². The summed E-state index contributed by atoms with van der Waals surface area (Å²) in [6.07, 6.45) is 3.96. The van der Waals surface area contributed by atoms with E-state index >= 15 is 0 Å². The Balaban J connectivity index is 2.25. The largest absolute Gasteiger partial charge is 0.508 e. The highest BCUT2D eigenvalue weighted by Crippen LogP contribution is 2.44. The van der Waals surface area contributed by atoms with E-state index in [2.05, 4.69) is 26.8 Å². The molecule has 0 saturated heterocycles. The minimum absolute atomic E-state index is 0.406. The maximum Gasteiger partial charge on any atom is 0.115 e. The predicted octanol–water partition coefficient (Wildman–Crippen LogP) is 4.57. The molecule has 0 bridgehead atoms. The first-order valence-electron chi connectivity index (χ1n) is 6.87.